The predicted molar refractivity (Wildman–Crippen MR) is 108 cm³/mol. The number of fused-ring (bicyclic) bond motifs is 1. The SMILES string of the molecule is COC(=O)C1=C2C[C@H](NS(N)(=O)=O)CN2C(c2nccs2)=N[C@@H]1c1ccc(F)c(F)c1F. The van der Waals surface area contributed by atoms with Gasteiger partial charge < -0.3 is 9.64 Å². The Labute approximate surface area is 184 Å². The normalized spacial score (nSPS) is 20.9. The number of nitrogens with one attached hydrogen (secondary N) is 1. The molecule has 9 nitrogen and oxygen atoms in total. The van der Waals surface area contributed by atoms with Crippen molar-refractivity contribution in [2.45, 2.75) is 18.5 Å². The predicted octanol–water partition coefficient (Wildman–Crippen LogP) is 1.36. The van der Waals surface area contributed by atoms with Crippen LogP contribution in [0.2, 0.25) is 0 Å². The van der Waals surface area contributed by atoms with Crippen molar-refractivity contribution in [2.75, 3.05) is 13.7 Å². The molecule has 32 heavy (non-hydrogen) atoms. The van der Waals surface area contributed by atoms with Crippen molar-refractivity contribution >= 4 is 33.4 Å². The Kier molecular flexibility index (Phi) is 5.79. The number of carbonyl (C=O) groups excluding carboxylic acids is 1. The van der Waals surface area contributed by atoms with Crippen LogP contribution in [-0.2, 0) is 19.7 Å². The van der Waals surface area contributed by atoms with E-state index in [1.807, 2.05) is 0 Å². The zero-order valence-electron chi connectivity index (χ0n) is 16.4. The standard InChI is InChI=1S/C18H16F3N5O4S2/c1-30-18(27)12-11-6-8(25-32(22,28)29)7-26(11)16(17-23-4-5-31-17)24-15(12)9-2-3-10(19)14(21)13(9)20/h2-5,8,15,25H,6-7H2,1H3,(H2,22,28,29)/t8-,15+/m0/s1. The molecular weight excluding hydrogens is 471 g/mol. The van der Waals surface area contributed by atoms with Crippen molar-refractivity contribution in [3.05, 3.63) is 63.0 Å². The minimum Gasteiger partial charge on any atom is -0.466 e. The molecular formula is C18H16F3N5O4S2. The third-order valence-corrected chi connectivity index (χ3v) is 6.41. The molecule has 170 valence electrons. The lowest BCUT2D eigenvalue weighted by Crippen LogP contribution is -2.42. The third kappa shape index (κ3) is 4.01. The summed E-state index contributed by atoms with van der Waals surface area (Å²) in [6.07, 6.45) is 1.50. The first-order valence-corrected chi connectivity index (χ1v) is 11.5. The highest BCUT2D eigenvalue weighted by Crippen LogP contribution is 2.41. The quantitative estimate of drug-likeness (QED) is 0.484. The number of nitrogens with zero attached hydrogens (tertiary/aromatic N) is 3. The Hall–Kier alpha value is -2.81. The summed E-state index contributed by atoms with van der Waals surface area (Å²) in [6, 6.07) is -0.386. The van der Waals surface area contributed by atoms with E-state index in [-0.39, 0.29) is 35.6 Å². The summed E-state index contributed by atoms with van der Waals surface area (Å²) >= 11 is 1.20. The van der Waals surface area contributed by atoms with Gasteiger partial charge in [0, 0.05) is 41.8 Å². The Morgan fingerprint density at radius 3 is 2.69 bits per heavy atom. The van der Waals surface area contributed by atoms with Crippen LogP contribution in [0.4, 0.5) is 13.2 Å². The van der Waals surface area contributed by atoms with Crippen molar-refractivity contribution in [1.82, 2.24) is 14.6 Å². The summed E-state index contributed by atoms with van der Waals surface area (Å²) in [7, 11) is -2.96. The fraction of sp³-hybridized carbons (Fsp3) is 0.278. The fourth-order valence-corrected chi connectivity index (χ4v) is 5.02. The summed E-state index contributed by atoms with van der Waals surface area (Å²) < 4.78 is 72.4. The van der Waals surface area contributed by atoms with E-state index in [4.69, 9.17) is 9.88 Å². The Bertz CT molecular complexity index is 1250. The first kappa shape index (κ1) is 22.4. The van der Waals surface area contributed by atoms with E-state index in [9.17, 15) is 26.4 Å². The number of rotatable bonds is 5. The van der Waals surface area contributed by atoms with Crippen LogP contribution in [0, 0.1) is 17.5 Å². The van der Waals surface area contributed by atoms with Gasteiger partial charge in [0.1, 0.15) is 6.04 Å². The molecule has 14 heteroatoms. The van der Waals surface area contributed by atoms with Gasteiger partial charge in [-0.25, -0.2) is 28.1 Å². The van der Waals surface area contributed by atoms with Crippen molar-refractivity contribution < 1.29 is 31.1 Å². The molecule has 0 amide bonds. The van der Waals surface area contributed by atoms with Crippen molar-refractivity contribution in [3.63, 3.8) is 0 Å². The Morgan fingerprint density at radius 2 is 2.06 bits per heavy atom. The molecule has 3 heterocycles. The first-order chi connectivity index (χ1) is 15.1. The average molecular weight is 487 g/mol. The van der Waals surface area contributed by atoms with Crippen molar-refractivity contribution in [1.29, 1.82) is 0 Å². The highest BCUT2D eigenvalue weighted by Gasteiger charge is 2.43. The molecule has 0 spiro atoms. The van der Waals surface area contributed by atoms with Crippen LogP contribution in [-0.4, -0.2) is 49.8 Å². The highest BCUT2D eigenvalue weighted by molar-refractivity contribution is 7.87. The second-order valence-corrected chi connectivity index (χ2v) is 9.20. The van der Waals surface area contributed by atoms with E-state index in [1.165, 1.54) is 17.5 Å². The van der Waals surface area contributed by atoms with Crippen LogP contribution < -0.4 is 9.86 Å². The number of esters is 1. The van der Waals surface area contributed by atoms with E-state index in [0.717, 1.165) is 19.2 Å². The highest BCUT2D eigenvalue weighted by atomic mass is 32.2. The van der Waals surface area contributed by atoms with Gasteiger partial charge in [0.15, 0.2) is 28.3 Å². The first-order valence-electron chi connectivity index (χ1n) is 9.10. The van der Waals surface area contributed by atoms with Gasteiger partial charge in [-0.15, -0.1) is 11.3 Å². The largest absolute Gasteiger partial charge is 0.466 e. The van der Waals surface area contributed by atoms with Gasteiger partial charge in [0.05, 0.1) is 12.7 Å². The molecule has 1 aromatic heterocycles. The maximum Gasteiger partial charge on any atom is 0.338 e. The van der Waals surface area contributed by atoms with E-state index >= 15 is 0 Å². The second-order valence-electron chi connectivity index (χ2n) is 6.98. The van der Waals surface area contributed by atoms with Crippen LogP contribution in [0.25, 0.3) is 0 Å². The zero-order chi connectivity index (χ0) is 23.2. The minimum absolute atomic E-state index is 0.00689. The molecule has 3 N–H and O–H groups in total. The molecule has 0 bridgehead atoms. The van der Waals surface area contributed by atoms with Crippen LogP contribution in [0.15, 0.2) is 40.0 Å². The number of ether oxygens (including phenoxy) is 1. The topological polar surface area (TPSA) is 127 Å². The van der Waals surface area contributed by atoms with Gasteiger partial charge >= 0.3 is 5.97 Å². The van der Waals surface area contributed by atoms with Crippen LogP contribution >= 0.6 is 11.3 Å². The van der Waals surface area contributed by atoms with E-state index in [1.54, 1.807) is 10.3 Å². The number of amidine groups is 1. The van der Waals surface area contributed by atoms with Crippen LogP contribution in [0.3, 0.4) is 0 Å². The number of nitrogens with two attached hydrogens (primary N) is 1. The van der Waals surface area contributed by atoms with Crippen LogP contribution in [0.1, 0.15) is 23.0 Å². The summed E-state index contributed by atoms with van der Waals surface area (Å²) in [5.41, 5.74) is -0.225. The smallest absolute Gasteiger partial charge is 0.338 e. The van der Waals surface area contributed by atoms with E-state index < -0.39 is 45.7 Å². The average Bonchev–Trinajstić information content (AvgIpc) is 3.39. The number of thiazole rings is 1. The maximum atomic E-state index is 14.7. The molecule has 2 atom stereocenters. The number of benzene rings is 1. The molecule has 1 saturated heterocycles. The van der Waals surface area contributed by atoms with Gasteiger partial charge in [-0.3, -0.25) is 4.99 Å². The number of hydrogen-bond donors (Lipinski definition) is 2. The zero-order valence-corrected chi connectivity index (χ0v) is 18.0. The molecule has 1 aromatic carbocycles. The van der Waals surface area contributed by atoms with Gasteiger partial charge in [-0.2, -0.15) is 13.1 Å². The summed E-state index contributed by atoms with van der Waals surface area (Å²) in [5, 5.41) is 7.16. The second kappa shape index (κ2) is 8.27. The number of carbonyl (C=O) groups is 1. The molecule has 0 aliphatic carbocycles. The lowest BCUT2D eigenvalue weighted by Gasteiger charge is -2.31. The van der Waals surface area contributed by atoms with Gasteiger partial charge in [-0.05, 0) is 6.07 Å². The molecule has 2 aromatic rings. The maximum absolute atomic E-state index is 14.7. The summed E-state index contributed by atoms with van der Waals surface area (Å²) in [6.45, 7) is 0.0532. The number of aromatic nitrogens is 1. The Balaban J connectivity index is 1.92. The molecule has 2 aliphatic heterocycles. The fourth-order valence-electron chi connectivity index (χ4n) is 3.75. The molecule has 0 radical (unpaired) electrons. The van der Waals surface area contributed by atoms with Crippen molar-refractivity contribution in [2.24, 2.45) is 10.1 Å². The van der Waals surface area contributed by atoms with Gasteiger partial charge in [0.25, 0.3) is 10.2 Å². The van der Waals surface area contributed by atoms with E-state index in [2.05, 4.69) is 14.7 Å². The lowest BCUT2D eigenvalue weighted by molar-refractivity contribution is -0.136. The number of halogens is 3. The molecule has 2 aliphatic rings. The summed E-state index contributed by atoms with van der Waals surface area (Å²) in [5.74, 6) is -5.25. The molecule has 4 rings (SSSR count). The number of hydrogen-bond acceptors (Lipinski definition) is 8. The monoisotopic (exact) mass is 487 g/mol. The van der Waals surface area contributed by atoms with Crippen LogP contribution in [0.5, 0.6) is 0 Å². The lowest BCUT2D eigenvalue weighted by atomic mass is 9.94. The molecule has 1 fully saturated rings. The molecule has 0 saturated carbocycles. The van der Waals surface area contributed by atoms with Gasteiger partial charge in [-0.1, -0.05) is 6.07 Å². The third-order valence-electron chi connectivity index (χ3n) is 4.98. The van der Waals surface area contributed by atoms with Gasteiger partial charge in [0.2, 0.25) is 0 Å². The number of methoxy groups -OCH3 is 1. The van der Waals surface area contributed by atoms with Crippen molar-refractivity contribution in [3.8, 4) is 0 Å². The van der Waals surface area contributed by atoms with E-state index in [0.29, 0.717) is 5.01 Å². The minimum atomic E-state index is -4.07. The number of aliphatic imine (C=N–C) groups is 1. The Morgan fingerprint density at radius 1 is 1.31 bits per heavy atom. The molecule has 0 unspecified atom stereocenters. The summed E-state index contributed by atoms with van der Waals surface area (Å²) in [4.78, 5) is 22.9.